The van der Waals surface area contributed by atoms with Gasteiger partial charge in [-0.3, -0.25) is 4.90 Å². The monoisotopic (exact) mass is 274 g/mol. The van der Waals surface area contributed by atoms with Crippen molar-refractivity contribution in [3.63, 3.8) is 0 Å². The van der Waals surface area contributed by atoms with Gasteiger partial charge in [-0.1, -0.05) is 12.1 Å². The number of hydrogen-bond donors (Lipinski definition) is 0. The third-order valence-electron chi connectivity index (χ3n) is 4.74. The predicted octanol–water partition coefficient (Wildman–Crippen LogP) is 2.33. The van der Waals surface area contributed by atoms with Gasteiger partial charge in [-0.15, -0.1) is 0 Å². The summed E-state index contributed by atoms with van der Waals surface area (Å²) in [6.45, 7) is 7.53. The Morgan fingerprint density at radius 1 is 1.25 bits per heavy atom. The Morgan fingerprint density at radius 2 is 2.05 bits per heavy atom. The van der Waals surface area contributed by atoms with Crippen molar-refractivity contribution in [1.29, 1.82) is 0 Å². The molecule has 1 aromatic rings. The van der Waals surface area contributed by atoms with Crippen LogP contribution in [0, 0.1) is 0 Å². The molecule has 0 N–H and O–H groups in total. The predicted molar refractivity (Wildman–Crippen MR) is 83.6 cm³/mol. The van der Waals surface area contributed by atoms with E-state index in [4.69, 9.17) is 4.74 Å². The molecular weight excluding hydrogens is 248 g/mol. The van der Waals surface area contributed by atoms with E-state index in [1.807, 2.05) is 0 Å². The number of nitrogens with zero attached hydrogens (tertiary/aromatic N) is 2. The number of morpholine rings is 1. The van der Waals surface area contributed by atoms with E-state index in [-0.39, 0.29) is 0 Å². The molecule has 0 aromatic heterocycles. The van der Waals surface area contributed by atoms with Gasteiger partial charge in [0, 0.05) is 31.9 Å². The molecule has 1 atom stereocenters. The summed E-state index contributed by atoms with van der Waals surface area (Å²) in [6, 6.07) is 7.69. The smallest absolute Gasteiger partial charge is 0.0594 e. The van der Waals surface area contributed by atoms with Crippen LogP contribution in [0.2, 0.25) is 0 Å². The number of fused-ring (bicyclic) bond motifs is 1. The van der Waals surface area contributed by atoms with Gasteiger partial charge in [-0.05, 0) is 49.9 Å². The van der Waals surface area contributed by atoms with Crippen LogP contribution in [-0.2, 0) is 17.6 Å². The summed E-state index contributed by atoms with van der Waals surface area (Å²) >= 11 is 0. The van der Waals surface area contributed by atoms with Gasteiger partial charge in [-0.25, -0.2) is 0 Å². The molecule has 0 saturated carbocycles. The van der Waals surface area contributed by atoms with Crippen molar-refractivity contribution in [2.45, 2.75) is 32.2 Å². The van der Waals surface area contributed by atoms with Crippen LogP contribution >= 0.6 is 0 Å². The van der Waals surface area contributed by atoms with Gasteiger partial charge in [0.1, 0.15) is 0 Å². The minimum Gasteiger partial charge on any atom is -0.379 e. The van der Waals surface area contributed by atoms with Gasteiger partial charge in [0.25, 0.3) is 0 Å². The van der Waals surface area contributed by atoms with Gasteiger partial charge in [0.2, 0.25) is 0 Å². The Balaban J connectivity index is 1.52. The maximum atomic E-state index is 5.39. The van der Waals surface area contributed by atoms with Crippen LogP contribution in [0.15, 0.2) is 18.2 Å². The van der Waals surface area contributed by atoms with Gasteiger partial charge >= 0.3 is 0 Å². The Morgan fingerprint density at radius 3 is 2.85 bits per heavy atom. The number of likely N-dealkylation sites (N-methyl/N-ethyl adjacent to an activating group) is 1. The van der Waals surface area contributed by atoms with E-state index in [1.165, 1.54) is 42.6 Å². The van der Waals surface area contributed by atoms with Crippen LogP contribution in [0.1, 0.15) is 24.5 Å². The molecule has 2 aliphatic rings. The van der Waals surface area contributed by atoms with Crippen molar-refractivity contribution in [3.8, 4) is 0 Å². The average molecular weight is 274 g/mol. The Hall–Kier alpha value is -1.06. The molecule has 20 heavy (non-hydrogen) atoms. The van der Waals surface area contributed by atoms with Crippen LogP contribution in [0.3, 0.4) is 0 Å². The lowest BCUT2D eigenvalue weighted by atomic mass is 10.0. The molecule has 1 aromatic carbocycles. The van der Waals surface area contributed by atoms with E-state index in [0.29, 0.717) is 6.04 Å². The molecule has 1 fully saturated rings. The maximum absolute atomic E-state index is 5.39. The molecule has 0 amide bonds. The number of rotatable bonds is 4. The first kappa shape index (κ1) is 13.9. The van der Waals surface area contributed by atoms with Crippen molar-refractivity contribution >= 4 is 5.69 Å². The summed E-state index contributed by atoms with van der Waals surface area (Å²) < 4.78 is 5.39. The number of benzene rings is 1. The zero-order valence-electron chi connectivity index (χ0n) is 12.8. The lowest BCUT2D eigenvalue weighted by molar-refractivity contribution is 0.0375. The Bertz CT molecular complexity index is 454. The molecule has 2 aliphatic heterocycles. The van der Waals surface area contributed by atoms with Crippen molar-refractivity contribution < 1.29 is 4.74 Å². The summed E-state index contributed by atoms with van der Waals surface area (Å²) in [5.41, 5.74) is 4.46. The Labute approximate surface area is 122 Å². The van der Waals surface area contributed by atoms with Crippen LogP contribution in [0.25, 0.3) is 0 Å². The average Bonchev–Trinajstić information content (AvgIpc) is 2.75. The molecule has 3 nitrogen and oxygen atoms in total. The van der Waals surface area contributed by atoms with E-state index < -0.39 is 0 Å². The minimum atomic E-state index is 0.647. The van der Waals surface area contributed by atoms with Crippen molar-refractivity contribution in [2.24, 2.45) is 0 Å². The van der Waals surface area contributed by atoms with Gasteiger partial charge in [0.05, 0.1) is 13.2 Å². The largest absolute Gasteiger partial charge is 0.379 e. The molecule has 1 saturated heterocycles. The van der Waals surface area contributed by atoms with Gasteiger partial charge in [0.15, 0.2) is 0 Å². The fraction of sp³-hybridized carbons (Fsp3) is 0.647. The number of hydrogen-bond acceptors (Lipinski definition) is 3. The second-order valence-electron chi connectivity index (χ2n) is 6.18. The lowest BCUT2D eigenvalue weighted by Gasteiger charge is -2.26. The van der Waals surface area contributed by atoms with Gasteiger partial charge in [-0.2, -0.15) is 0 Å². The van der Waals surface area contributed by atoms with Crippen LogP contribution in [0.4, 0.5) is 5.69 Å². The molecule has 110 valence electrons. The zero-order chi connectivity index (χ0) is 13.9. The molecular formula is C17H26N2O. The maximum Gasteiger partial charge on any atom is 0.0594 e. The standard InChI is InChI=1S/C17H26N2O/c1-14-12-16-13-15(5-6-17(16)18(14)2)4-3-7-19-8-10-20-11-9-19/h5-6,13-14H,3-4,7-12H2,1-2H3. The normalized spacial score (nSPS) is 23.1. The summed E-state index contributed by atoms with van der Waals surface area (Å²) in [5.74, 6) is 0. The van der Waals surface area contributed by atoms with Crippen LogP contribution in [0.5, 0.6) is 0 Å². The van der Waals surface area contributed by atoms with Crippen LogP contribution < -0.4 is 4.90 Å². The van der Waals surface area contributed by atoms with Crippen LogP contribution in [-0.4, -0.2) is 50.8 Å². The molecule has 0 radical (unpaired) electrons. The molecule has 0 spiro atoms. The lowest BCUT2D eigenvalue weighted by Crippen LogP contribution is -2.36. The summed E-state index contributed by atoms with van der Waals surface area (Å²) in [6.07, 6.45) is 3.65. The topological polar surface area (TPSA) is 15.7 Å². The second kappa shape index (κ2) is 6.15. The number of ether oxygens (including phenoxy) is 1. The third kappa shape index (κ3) is 2.99. The van der Waals surface area contributed by atoms with E-state index in [2.05, 4.69) is 42.0 Å². The van der Waals surface area contributed by atoms with Crippen molar-refractivity contribution in [2.75, 3.05) is 44.8 Å². The highest BCUT2D eigenvalue weighted by Crippen LogP contribution is 2.31. The fourth-order valence-electron chi connectivity index (χ4n) is 3.33. The first-order valence-corrected chi connectivity index (χ1v) is 7.89. The van der Waals surface area contributed by atoms with E-state index >= 15 is 0 Å². The minimum absolute atomic E-state index is 0.647. The molecule has 3 rings (SSSR count). The quantitative estimate of drug-likeness (QED) is 0.838. The molecule has 0 aliphatic carbocycles. The summed E-state index contributed by atoms with van der Waals surface area (Å²) in [7, 11) is 2.20. The number of aryl methyl sites for hydroxylation is 1. The number of anilines is 1. The second-order valence-corrected chi connectivity index (χ2v) is 6.18. The van der Waals surface area contributed by atoms with Crippen molar-refractivity contribution in [3.05, 3.63) is 29.3 Å². The Kier molecular flexibility index (Phi) is 4.27. The SMILES string of the molecule is CC1Cc2cc(CCCN3CCOCC3)ccc2N1C. The summed E-state index contributed by atoms with van der Waals surface area (Å²) in [4.78, 5) is 4.92. The molecule has 1 unspecified atom stereocenters. The molecule has 0 bridgehead atoms. The van der Waals surface area contributed by atoms with E-state index in [9.17, 15) is 0 Å². The highest BCUT2D eigenvalue weighted by atomic mass is 16.5. The first-order valence-electron chi connectivity index (χ1n) is 7.89. The highest BCUT2D eigenvalue weighted by molar-refractivity contribution is 5.59. The van der Waals surface area contributed by atoms with E-state index in [0.717, 1.165) is 26.3 Å². The van der Waals surface area contributed by atoms with Gasteiger partial charge < -0.3 is 9.64 Å². The van der Waals surface area contributed by atoms with E-state index in [1.54, 1.807) is 0 Å². The zero-order valence-corrected chi connectivity index (χ0v) is 12.8. The third-order valence-corrected chi connectivity index (χ3v) is 4.74. The summed E-state index contributed by atoms with van der Waals surface area (Å²) in [5, 5.41) is 0. The fourth-order valence-corrected chi connectivity index (χ4v) is 3.33. The molecule has 2 heterocycles. The molecule has 3 heteroatoms. The first-order chi connectivity index (χ1) is 9.74. The van der Waals surface area contributed by atoms with Crippen molar-refractivity contribution in [1.82, 2.24) is 4.90 Å². The highest BCUT2D eigenvalue weighted by Gasteiger charge is 2.22.